The number of hydrogen-bond donors (Lipinski definition) is 1. The van der Waals surface area contributed by atoms with Gasteiger partial charge in [0.15, 0.2) is 0 Å². The lowest BCUT2D eigenvalue weighted by molar-refractivity contribution is -0.136. The summed E-state index contributed by atoms with van der Waals surface area (Å²) in [6.45, 7) is 5.51. The average Bonchev–Trinajstić information content (AvgIpc) is 2.77. The number of anilines is 1. The zero-order chi connectivity index (χ0) is 12.7. The van der Waals surface area contributed by atoms with Crippen LogP contribution in [0, 0.1) is 0 Å². The van der Waals surface area contributed by atoms with Crippen LogP contribution in [-0.4, -0.2) is 34.4 Å². The minimum absolute atomic E-state index is 0.144. The predicted octanol–water partition coefficient (Wildman–Crippen LogP) is 2.18. The molecule has 0 fully saturated rings. The molecule has 0 saturated heterocycles. The molecule has 0 atom stereocenters. The Bertz CT molecular complexity index is 354. The lowest BCUT2D eigenvalue weighted by Crippen LogP contribution is -2.27. The van der Waals surface area contributed by atoms with Crippen molar-refractivity contribution < 1.29 is 9.90 Å². The minimum atomic E-state index is -0.772. The van der Waals surface area contributed by atoms with Crippen molar-refractivity contribution in [1.29, 1.82) is 0 Å². The van der Waals surface area contributed by atoms with Crippen LogP contribution in [0.1, 0.15) is 38.1 Å². The van der Waals surface area contributed by atoms with E-state index in [1.165, 1.54) is 0 Å². The number of hydrogen-bond acceptors (Lipinski definition) is 5. The highest BCUT2D eigenvalue weighted by atomic mass is 32.1. The van der Waals surface area contributed by atoms with Gasteiger partial charge in [-0.25, -0.2) is 0 Å². The van der Waals surface area contributed by atoms with Gasteiger partial charge < -0.3 is 10.0 Å². The SMILES string of the molecule is CCCCN(CCC(=O)O)c1nnc(CC)s1. The molecule has 1 aromatic heterocycles. The molecule has 0 spiro atoms. The molecule has 0 unspecified atom stereocenters. The van der Waals surface area contributed by atoms with Crippen LogP contribution in [0.25, 0.3) is 0 Å². The molecular weight excluding hydrogens is 238 g/mol. The maximum Gasteiger partial charge on any atom is 0.305 e. The molecule has 6 heteroatoms. The van der Waals surface area contributed by atoms with Crippen LogP contribution in [0.4, 0.5) is 5.13 Å². The van der Waals surface area contributed by atoms with E-state index in [9.17, 15) is 4.79 Å². The first kappa shape index (κ1) is 13.9. The van der Waals surface area contributed by atoms with Gasteiger partial charge in [0.25, 0.3) is 0 Å². The molecule has 0 aliphatic rings. The fourth-order valence-electron chi connectivity index (χ4n) is 1.40. The summed E-state index contributed by atoms with van der Waals surface area (Å²) in [5.74, 6) is -0.772. The zero-order valence-electron chi connectivity index (χ0n) is 10.3. The normalized spacial score (nSPS) is 10.5. The molecule has 1 heterocycles. The lowest BCUT2D eigenvalue weighted by Gasteiger charge is -2.19. The Morgan fingerprint density at radius 2 is 2.12 bits per heavy atom. The first-order valence-electron chi connectivity index (χ1n) is 5.96. The van der Waals surface area contributed by atoms with Gasteiger partial charge in [-0.2, -0.15) is 0 Å². The van der Waals surface area contributed by atoms with Crippen molar-refractivity contribution in [1.82, 2.24) is 10.2 Å². The number of carboxylic acid groups (broad SMARTS) is 1. The fourth-order valence-corrected chi connectivity index (χ4v) is 2.23. The summed E-state index contributed by atoms with van der Waals surface area (Å²) in [6.07, 6.45) is 3.15. The largest absolute Gasteiger partial charge is 0.481 e. The van der Waals surface area contributed by atoms with E-state index in [1.54, 1.807) is 11.3 Å². The first-order chi connectivity index (χ1) is 8.17. The van der Waals surface area contributed by atoms with Crippen LogP contribution in [0.3, 0.4) is 0 Å². The Labute approximate surface area is 105 Å². The molecule has 1 rings (SSSR count). The molecule has 5 nitrogen and oxygen atoms in total. The summed E-state index contributed by atoms with van der Waals surface area (Å²) in [6, 6.07) is 0. The standard InChI is InChI=1S/C11H19N3O2S/c1-3-5-7-14(8-6-10(15)16)11-13-12-9(4-2)17-11/h3-8H2,1-2H3,(H,15,16). The third-order valence-corrected chi connectivity index (χ3v) is 3.53. The molecule has 0 aliphatic heterocycles. The van der Waals surface area contributed by atoms with E-state index in [-0.39, 0.29) is 6.42 Å². The van der Waals surface area contributed by atoms with Crippen molar-refractivity contribution in [3.8, 4) is 0 Å². The second-order valence-corrected chi connectivity index (χ2v) is 4.86. The monoisotopic (exact) mass is 257 g/mol. The maximum atomic E-state index is 10.6. The average molecular weight is 257 g/mol. The summed E-state index contributed by atoms with van der Waals surface area (Å²) < 4.78 is 0. The number of carbonyl (C=O) groups is 1. The van der Waals surface area contributed by atoms with E-state index in [1.807, 2.05) is 11.8 Å². The minimum Gasteiger partial charge on any atom is -0.481 e. The number of nitrogens with zero attached hydrogens (tertiary/aromatic N) is 3. The van der Waals surface area contributed by atoms with Crippen LogP contribution >= 0.6 is 11.3 Å². The topological polar surface area (TPSA) is 66.3 Å². The smallest absolute Gasteiger partial charge is 0.305 e. The number of aliphatic carboxylic acids is 1. The van der Waals surface area contributed by atoms with Gasteiger partial charge in [-0.05, 0) is 12.8 Å². The third-order valence-electron chi connectivity index (χ3n) is 2.41. The van der Waals surface area contributed by atoms with Crippen LogP contribution < -0.4 is 4.90 Å². The highest BCUT2D eigenvalue weighted by molar-refractivity contribution is 7.15. The Morgan fingerprint density at radius 3 is 2.65 bits per heavy atom. The molecular formula is C11H19N3O2S. The van der Waals surface area contributed by atoms with Gasteiger partial charge in [-0.3, -0.25) is 4.79 Å². The molecule has 0 aliphatic carbocycles. The number of carboxylic acids is 1. The summed E-state index contributed by atoms with van der Waals surface area (Å²) >= 11 is 1.55. The Balaban J connectivity index is 2.63. The molecule has 1 aromatic rings. The Hall–Kier alpha value is -1.17. The Morgan fingerprint density at radius 1 is 1.35 bits per heavy atom. The number of rotatable bonds is 8. The van der Waals surface area contributed by atoms with Gasteiger partial charge in [-0.15, -0.1) is 10.2 Å². The van der Waals surface area contributed by atoms with Crippen LogP contribution in [-0.2, 0) is 11.2 Å². The molecule has 17 heavy (non-hydrogen) atoms. The number of aryl methyl sites for hydroxylation is 1. The van der Waals surface area contributed by atoms with Crippen molar-refractivity contribution in [2.75, 3.05) is 18.0 Å². The second-order valence-electron chi connectivity index (χ2n) is 3.82. The van der Waals surface area contributed by atoms with E-state index in [0.29, 0.717) is 6.54 Å². The van der Waals surface area contributed by atoms with Gasteiger partial charge in [0.2, 0.25) is 5.13 Å². The molecule has 0 amide bonds. The molecule has 96 valence electrons. The van der Waals surface area contributed by atoms with Crippen molar-refractivity contribution >= 4 is 22.4 Å². The lowest BCUT2D eigenvalue weighted by atomic mass is 10.3. The van der Waals surface area contributed by atoms with Gasteiger partial charge in [0.1, 0.15) is 5.01 Å². The summed E-state index contributed by atoms with van der Waals surface area (Å²) in [5.41, 5.74) is 0. The van der Waals surface area contributed by atoms with Crippen molar-refractivity contribution in [3.63, 3.8) is 0 Å². The summed E-state index contributed by atoms with van der Waals surface area (Å²) in [4.78, 5) is 12.6. The van der Waals surface area contributed by atoms with E-state index in [2.05, 4.69) is 17.1 Å². The number of unbranched alkanes of at least 4 members (excludes halogenated alkanes) is 1. The molecule has 0 saturated carbocycles. The van der Waals surface area contributed by atoms with Crippen molar-refractivity contribution in [2.45, 2.75) is 39.5 Å². The molecule has 0 aromatic carbocycles. The first-order valence-corrected chi connectivity index (χ1v) is 6.78. The van der Waals surface area contributed by atoms with Crippen LogP contribution in [0.2, 0.25) is 0 Å². The van der Waals surface area contributed by atoms with Gasteiger partial charge in [-0.1, -0.05) is 31.6 Å². The predicted molar refractivity (Wildman–Crippen MR) is 68.7 cm³/mol. The molecule has 1 N–H and O–H groups in total. The highest BCUT2D eigenvalue weighted by Crippen LogP contribution is 2.21. The molecule has 0 bridgehead atoms. The van der Waals surface area contributed by atoms with E-state index in [0.717, 1.165) is 35.9 Å². The van der Waals surface area contributed by atoms with Gasteiger partial charge >= 0.3 is 5.97 Å². The molecule has 0 radical (unpaired) electrons. The van der Waals surface area contributed by atoms with Crippen LogP contribution in [0.15, 0.2) is 0 Å². The highest BCUT2D eigenvalue weighted by Gasteiger charge is 2.12. The van der Waals surface area contributed by atoms with E-state index in [4.69, 9.17) is 5.11 Å². The zero-order valence-corrected chi connectivity index (χ0v) is 11.2. The summed E-state index contributed by atoms with van der Waals surface area (Å²) in [7, 11) is 0. The third kappa shape index (κ3) is 4.68. The van der Waals surface area contributed by atoms with Crippen LogP contribution in [0.5, 0.6) is 0 Å². The maximum absolute atomic E-state index is 10.6. The second kappa shape index (κ2) is 7.21. The number of aromatic nitrogens is 2. The quantitative estimate of drug-likeness (QED) is 0.773. The fraction of sp³-hybridized carbons (Fsp3) is 0.727. The van der Waals surface area contributed by atoms with E-state index < -0.39 is 5.97 Å². The van der Waals surface area contributed by atoms with Crippen molar-refractivity contribution in [3.05, 3.63) is 5.01 Å². The van der Waals surface area contributed by atoms with Gasteiger partial charge in [0, 0.05) is 13.1 Å². The van der Waals surface area contributed by atoms with E-state index >= 15 is 0 Å². The van der Waals surface area contributed by atoms with Gasteiger partial charge in [0.05, 0.1) is 6.42 Å². The van der Waals surface area contributed by atoms with Crippen molar-refractivity contribution in [2.24, 2.45) is 0 Å². The summed E-state index contributed by atoms with van der Waals surface area (Å²) in [5, 5.41) is 18.8. The Kier molecular flexibility index (Phi) is 5.90.